The summed E-state index contributed by atoms with van der Waals surface area (Å²) in [6, 6.07) is 6.00. The summed E-state index contributed by atoms with van der Waals surface area (Å²) in [4.78, 5) is 12.5. The molecular formula is C18H21NO2. The molecule has 0 spiro atoms. The Bertz CT molecular complexity index is 591. The molecule has 0 aromatic heterocycles. The number of hydrogen-bond donors (Lipinski definition) is 2. The van der Waals surface area contributed by atoms with Crippen molar-refractivity contribution < 1.29 is 9.90 Å². The molecule has 2 aliphatic rings. The molecule has 0 atom stereocenters. The predicted molar refractivity (Wildman–Crippen MR) is 81.8 cm³/mol. The molecular weight excluding hydrogens is 262 g/mol. The van der Waals surface area contributed by atoms with Crippen LogP contribution in [0.5, 0.6) is 0 Å². The van der Waals surface area contributed by atoms with Crippen LogP contribution in [0.4, 0.5) is 0 Å². The van der Waals surface area contributed by atoms with Crippen molar-refractivity contribution in [3.8, 4) is 11.8 Å². The molecule has 2 N–H and O–H groups in total. The maximum Gasteiger partial charge on any atom is 0.251 e. The number of aliphatic hydroxyl groups is 1. The third-order valence-corrected chi connectivity index (χ3v) is 4.21. The Morgan fingerprint density at radius 1 is 1.29 bits per heavy atom. The second kappa shape index (κ2) is 5.91. The Balaban J connectivity index is 1.75. The number of aryl methyl sites for hydroxylation is 1. The van der Waals surface area contributed by atoms with Crippen LogP contribution in [-0.4, -0.2) is 23.7 Å². The number of benzene rings is 1. The van der Waals surface area contributed by atoms with Crippen molar-refractivity contribution in [2.75, 3.05) is 6.61 Å². The molecule has 1 aromatic carbocycles. The summed E-state index contributed by atoms with van der Waals surface area (Å²) in [6.07, 6.45) is 5.01. The van der Waals surface area contributed by atoms with Crippen LogP contribution in [0.3, 0.4) is 0 Å². The van der Waals surface area contributed by atoms with Gasteiger partial charge >= 0.3 is 0 Å². The Morgan fingerprint density at radius 3 is 2.52 bits per heavy atom. The van der Waals surface area contributed by atoms with Gasteiger partial charge in [0, 0.05) is 17.2 Å². The first-order valence-corrected chi connectivity index (χ1v) is 7.69. The van der Waals surface area contributed by atoms with Crippen LogP contribution in [0.25, 0.3) is 0 Å². The van der Waals surface area contributed by atoms with E-state index < -0.39 is 0 Å². The number of aliphatic hydroxyl groups excluding tert-OH is 1. The fourth-order valence-corrected chi connectivity index (χ4v) is 2.89. The van der Waals surface area contributed by atoms with E-state index in [-0.39, 0.29) is 12.5 Å². The van der Waals surface area contributed by atoms with Crippen LogP contribution in [0, 0.1) is 30.6 Å². The highest BCUT2D eigenvalue weighted by Crippen LogP contribution is 2.44. The van der Waals surface area contributed by atoms with Gasteiger partial charge in [-0.3, -0.25) is 4.79 Å². The molecule has 1 amide bonds. The Hall–Kier alpha value is -1.79. The molecule has 110 valence electrons. The monoisotopic (exact) mass is 283 g/mol. The number of carbonyl (C=O) groups is 1. The summed E-state index contributed by atoms with van der Waals surface area (Å²) in [5.41, 5.74) is 2.46. The highest BCUT2D eigenvalue weighted by Gasteiger charge is 2.42. The molecule has 0 heterocycles. The van der Waals surface area contributed by atoms with Gasteiger partial charge in [-0.05, 0) is 68.2 Å². The first-order chi connectivity index (χ1) is 10.2. The quantitative estimate of drug-likeness (QED) is 0.833. The molecule has 0 unspecified atom stereocenters. The van der Waals surface area contributed by atoms with Crippen molar-refractivity contribution >= 4 is 5.91 Å². The summed E-state index contributed by atoms with van der Waals surface area (Å²) in [5, 5.41) is 12.0. The van der Waals surface area contributed by atoms with E-state index in [4.69, 9.17) is 5.11 Å². The highest BCUT2D eigenvalue weighted by molar-refractivity contribution is 5.95. The summed E-state index contributed by atoms with van der Waals surface area (Å²) < 4.78 is 0. The molecule has 21 heavy (non-hydrogen) atoms. The molecule has 0 aliphatic heterocycles. The van der Waals surface area contributed by atoms with E-state index in [1.165, 1.54) is 25.7 Å². The normalized spacial score (nSPS) is 17.3. The fraction of sp³-hybridized carbons (Fsp3) is 0.500. The summed E-state index contributed by atoms with van der Waals surface area (Å²) >= 11 is 0. The van der Waals surface area contributed by atoms with Crippen molar-refractivity contribution in [1.82, 2.24) is 5.32 Å². The van der Waals surface area contributed by atoms with Crippen LogP contribution < -0.4 is 5.32 Å². The average Bonchev–Trinajstić information content (AvgIpc) is 3.34. The molecule has 3 heteroatoms. The molecule has 2 fully saturated rings. The zero-order chi connectivity index (χ0) is 14.8. The van der Waals surface area contributed by atoms with Gasteiger partial charge in [-0.1, -0.05) is 11.8 Å². The van der Waals surface area contributed by atoms with E-state index in [0.29, 0.717) is 23.4 Å². The van der Waals surface area contributed by atoms with Gasteiger partial charge in [0.25, 0.3) is 5.91 Å². The van der Waals surface area contributed by atoms with Gasteiger partial charge in [-0.15, -0.1) is 0 Å². The smallest absolute Gasteiger partial charge is 0.251 e. The second-order valence-corrected chi connectivity index (χ2v) is 6.22. The van der Waals surface area contributed by atoms with Crippen molar-refractivity contribution in [3.05, 3.63) is 34.9 Å². The Labute approximate surface area is 125 Å². The number of amides is 1. The molecule has 0 saturated heterocycles. The van der Waals surface area contributed by atoms with Crippen molar-refractivity contribution in [3.63, 3.8) is 0 Å². The van der Waals surface area contributed by atoms with Gasteiger partial charge in [0.15, 0.2) is 0 Å². The molecule has 2 aliphatic carbocycles. The second-order valence-electron chi connectivity index (χ2n) is 6.22. The highest BCUT2D eigenvalue weighted by atomic mass is 16.2. The summed E-state index contributed by atoms with van der Waals surface area (Å²) in [5.74, 6) is 6.90. The number of nitrogens with one attached hydrogen (secondary N) is 1. The lowest BCUT2D eigenvalue weighted by Crippen LogP contribution is -2.38. The summed E-state index contributed by atoms with van der Waals surface area (Å²) in [7, 11) is 0. The van der Waals surface area contributed by atoms with Crippen molar-refractivity contribution in [2.24, 2.45) is 11.8 Å². The lowest BCUT2D eigenvalue weighted by Gasteiger charge is -2.18. The molecule has 3 rings (SSSR count). The lowest BCUT2D eigenvalue weighted by molar-refractivity contribution is 0.0926. The van der Waals surface area contributed by atoms with Gasteiger partial charge < -0.3 is 10.4 Å². The maximum absolute atomic E-state index is 12.5. The number of carbonyl (C=O) groups excluding carboxylic acids is 1. The van der Waals surface area contributed by atoms with E-state index in [1.807, 2.05) is 25.1 Å². The molecule has 0 radical (unpaired) electrons. The maximum atomic E-state index is 12.5. The number of rotatable bonds is 4. The van der Waals surface area contributed by atoms with Crippen molar-refractivity contribution in [1.29, 1.82) is 0 Å². The molecule has 0 bridgehead atoms. The minimum absolute atomic E-state index is 0.00884. The zero-order valence-electron chi connectivity index (χ0n) is 12.4. The third-order valence-electron chi connectivity index (χ3n) is 4.21. The SMILES string of the molecule is Cc1cc(C#CCO)cc(C(=O)NC(C2CC2)C2CC2)c1. The van der Waals surface area contributed by atoms with Crippen LogP contribution in [0.15, 0.2) is 18.2 Å². The van der Waals surface area contributed by atoms with Crippen molar-refractivity contribution in [2.45, 2.75) is 38.6 Å². The Morgan fingerprint density at radius 2 is 1.95 bits per heavy atom. The van der Waals surface area contributed by atoms with Gasteiger partial charge in [0.05, 0.1) is 0 Å². The summed E-state index contributed by atoms with van der Waals surface area (Å²) in [6.45, 7) is 1.79. The third kappa shape index (κ3) is 3.65. The zero-order valence-corrected chi connectivity index (χ0v) is 12.4. The van der Waals surface area contributed by atoms with E-state index in [1.54, 1.807) is 0 Å². The standard InChI is InChI=1S/C18H21NO2/c1-12-9-13(3-2-8-20)11-16(10-12)18(21)19-17(14-4-5-14)15-6-7-15/h9-11,14-15,17,20H,4-8H2,1H3,(H,19,21). The molecule has 1 aromatic rings. The predicted octanol–water partition coefficient (Wildman–Crippen LogP) is 2.26. The molecule has 3 nitrogen and oxygen atoms in total. The van der Waals surface area contributed by atoms with Crippen LogP contribution in [0.2, 0.25) is 0 Å². The van der Waals surface area contributed by atoms with E-state index >= 15 is 0 Å². The molecule has 2 saturated carbocycles. The number of hydrogen-bond acceptors (Lipinski definition) is 2. The van der Waals surface area contributed by atoms with E-state index in [2.05, 4.69) is 17.2 Å². The Kier molecular flexibility index (Phi) is 3.98. The van der Waals surface area contributed by atoms with Gasteiger partial charge in [-0.2, -0.15) is 0 Å². The first kappa shape index (κ1) is 14.2. The van der Waals surface area contributed by atoms with E-state index in [9.17, 15) is 4.79 Å². The van der Waals surface area contributed by atoms with E-state index in [0.717, 1.165) is 11.1 Å². The largest absolute Gasteiger partial charge is 0.384 e. The topological polar surface area (TPSA) is 49.3 Å². The van der Waals surface area contributed by atoms with Crippen LogP contribution in [-0.2, 0) is 0 Å². The van der Waals surface area contributed by atoms with Crippen LogP contribution in [0.1, 0.15) is 47.2 Å². The average molecular weight is 283 g/mol. The fourth-order valence-electron chi connectivity index (χ4n) is 2.89. The minimum atomic E-state index is -0.166. The van der Waals surface area contributed by atoms with Crippen LogP contribution >= 0.6 is 0 Å². The van der Waals surface area contributed by atoms with Gasteiger partial charge in [0.2, 0.25) is 0 Å². The lowest BCUT2D eigenvalue weighted by atomic mass is 10.0. The van der Waals surface area contributed by atoms with Gasteiger partial charge in [-0.25, -0.2) is 0 Å². The first-order valence-electron chi connectivity index (χ1n) is 7.69. The minimum Gasteiger partial charge on any atom is -0.384 e. The van der Waals surface area contributed by atoms with Gasteiger partial charge in [0.1, 0.15) is 6.61 Å².